The van der Waals surface area contributed by atoms with Gasteiger partial charge in [0.15, 0.2) is 0 Å². The molecule has 0 saturated heterocycles. The van der Waals surface area contributed by atoms with Crippen molar-refractivity contribution in [1.82, 2.24) is 14.9 Å². The van der Waals surface area contributed by atoms with E-state index in [1.165, 1.54) is 0 Å². The summed E-state index contributed by atoms with van der Waals surface area (Å²) in [6, 6.07) is 7.87. The highest BCUT2D eigenvalue weighted by molar-refractivity contribution is 6.29. The number of anilines is 1. The lowest BCUT2D eigenvalue weighted by Crippen LogP contribution is -2.40. The summed E-state index contributed by atoms with van der Waals surface area (Å²) in [4.78, 5) is 34.9. The molecule has 0 fully saturated rings. The molecule has 0 atom stereocenters. The van der Waals surface area contributed by atoms with Crippen molar-refractivity contribution in [3.63, 3.8) is 0 Å². The molecule has 0 radical (unpaired) electrons. The number of aromatic amines is 1. The van der Waals surface area contributed by atoms with Crippen molar-refractivity contribution in [3.8, 4) is 0 Å². The summed E-state index contributed by atoms with van der Waals surface area (Å²) in [6.07, 6.45) is 4.10. The molecule has 0 saturated carbocycles. The number of carbonyl (C=O) groups excluding carboxylic acids is 2. The van der Waals surface area contributed by atoms with Crippen LogP contribution in [-0.2, 0) is 12.0 Å². The van der Waals surface area contributed by atoms with E-state index in [1.807, 2.05) is 36.9 Å². The number of H-pyrrole nitrogens is 1. The van der Waals surface area contributed by atoms with E-state index in [1.54, 1.807) is 12.5 Å². The van der Waals surface area contributed by atoms with Gasteiger partial charge in [-0.1, -0.05) is 12.1 Å². The Balaban J connectivity index is 1.66. The number of amides is 2. The second-order valence-electron chi connectivity index (χ2n) is 7.37. The summed E-state index contributed by atoms with van der Waals surface area (Å²) in [5, 5.41) is 4.74. The van der Waals surface area contributed by atoms with Gasteiger partial charge in [-0.3, -0.25) is 9.59 Å². The van der Waals surface area contributed by atoms with E-state index in [0.29, 0.717) is 24.1 Å². The van der Waals surface area contributed by atoms with E-state index in [4.69, 9.17) is 0 Å². The van der Waals surface area contributed by atoms with Crippen LogP contribution in [0.5, 0.6) is 0 Å². The monoisotopic (exact) mass is 346 g/mol. The van der Waals surface area contributed by atoms with Crippen LogP contribution in [0, 0.1) is 0 Å². The molecule has 2 aliphatic rings. The molecule has 3 aromatic rings. The van der Waals surface area contributed by atoms with Gasteiger partial charge in [-0.15, -0.1) is 0 Å². The molecule has 0 bridgehead atoms. The average Bonchev–Trinajstić information content (AvgIpc) is 3.27. The maximum absolute atomic E-state index is 13.3. The molecule has 2 amide bonds. The first-order chi connectivity index (χ1) is 12.5. The van der Waals surface area contributed by atoms with Crippen molar-refractivity contribution in [3.05, 3.63) is 59.2 Å². The number of rotatable bonds is 3. The number of imidazole rings is 1. The van der Waals surface area contributed by atoms with E-state index in [2.05, 4.69) is 21.4 Å². The molecule has 0 unspecified atom stereocenters. The summed E-state index contributed by atoms with van der Waals surface area (Å²) in [6.45, 7) is 4.64. The zero-order valence-electron chi connectivity index (χ0n) is 14.6. The van der Waals surface area contributed by atoms with Crippen molar-refractivity contribution in [2.45, 2.75) is 25.8 Å². The molecule has 3 heterocycles. The number of nitrogens with one attached hydrogen (secondary N) is 2. The van der Waals surface area contributed by atoms with Gasteiger partial charge in [0.25, 0.3) is 11.8 Å². The summed E-state index contributed by atoms with van der Waals surface area (Å²) < 4.78 is 0. The molecule has 0 aliphatic carbocycles. The number of aromatic nitrogens is 2. The number of carbonyl (C=O) groups is 2. The zero-order chi connectivity index (χ0) is 18.1. The van der Waals surface area contributed by atoms with Crippen LogP contribution in [-0.4, -0.2) is 33.2 Å². The van der Waals surface area contributed by atoms with Crippen molar-refractivity contribution in [2.24, 2.45) is 0 Å². The predicted octanol–water partition coefficient (Wildman–Crippen LogP) is 3.06. The Labute approximate surface area is 150 Å². The van der Waals surface area contributed by atoms with Crippen LogP contribution in [0.1, 0.15) is 45.8 Å². The third-order valence-electron chi connectivity index (χ3n) is 5.59. The standard InChI is InChI=1S/C20H18N4O2/c1-20(2)13-8-11-4-3-5-14-15(11)17(18(25)23-14)16(13)19(26)24(20)7-6-12-9-21-10-22-12/h3-5,8-10H,6-7H2,1-2H3,(H,21,22)(H,23,25). The molecular formula is C20H18N4O2. The molecule has 130 valence electrons. The molecule has 2 N–H and O–H groups in total. The van der Waals surface area contributed by atoms with Gasteiger partial charge in [-0.05, 0) is 36.9 Å². The van der Waals surface area contributed by atoms with Crippen molar-refractivity contribution >= 4 is 28.3 Å². The van der Waals surface area contributed by atoms with Gasteiger partial charge in [-0.25, -0.2) is 4.98 Å². The Bertz CT molecular complexity index is 1080. The van der Waals surface area contributed by atoms with Gasteiger partial charge in [0.1, 0.15) is 0 Å². The molecule has 2 aliphatic heterocycles. The molecule has 6 heteroatoms. The number of fused-ring (bicyclic) bond motifs is 2. The first kappa shape index (κ1) is 15.1. The third-order valence-corrected chi connectivity index (χ3v) is 5.59. The minimum atomic E-state index is -0.476. The Hall–Kier alpha value is -3.15. The minimum Gasteiger partial charge on any atom is -0.348 e. The highest BCUT2D eigenvalue weighted by Crippen LogP contribution is 2.46. The van der Waals surface area contributed by atoms with Gasteiger partial charge in [0.05, 0.1) is 23.0 Å². The lowest BCUT2D eigenvalue weighted by molar-refractivity contribution is 0.0620. The average molecular weight is 346 g/mol. The van der Waals surface area contributed by atoms with Crippen LogP contribution in [0.15, 0.2) is 36.8 Å². The fraction of sp³-hybridized carbons (Fsp3) is 0.250. The zero-order valence-corrected chi connectivity index (χ0v) is 14.6. The van der Waals surface area contributed by atoms with Crippen LogP contribution in [0.4, 0.5) is 5.69 Å². The molecule has 26 heavy (non-hydrogen) atoms. The number of hydrogen-bond acceptors (Lipinski definition) is 3. The summed E-state index contributed by atoms with van der Waals surface area (Å²) >= 11 is 0. The predicted molar refractivity (Wildman–Crippen MR) is 98.3 cm³/mol. The van der Waals surface area contributed by atoms with Crippen LogP contribution >= 0.6 is 0 Å². The van der Waals surface area contributed by atoms with E-state index >= 15 is 0 Å². The summed E-state index contributed by atoms with van der Waals surface area (Å²) in [5.74, 6) is -0.263. The maximum atomic E-state index is 13.3. The molecule has 0 spiro atoms. The topological polar surface area (TPSA) is 78.1 Å². The lowest BCUT2D eigenvalue weighted by atomic mass is 9.88. The largest absolute Gasteiger partial charge is 0.348 e. The van der Waals surface area contributed by atoms with Gasteiger partial charge in [0, 0.05) is 35.9 Å². The SMILES string of the molecule is CC1(C)c2cc3cccc4c3c(c2C(=O)N1CCc1cnc[nH]1)C(=O)N4. The van der Waals surface area contributed by atoms with Crippen LogP contribution in [0.25, 0.3) is 10.8 Å². The molecule has 5 rings (SSSR count). The Morgan fingerprint density at radius 1 is 1.19 bits per heavy atom. The smallest absolute Gasteiger partial charge is 0.257 e. The maximum Gasteiger partial charge on any atom is 0.257 e. The Morgan fingerprint density at radius 3 is 2.81 bits per heavy atom. The van der Waals surface area contributed by atoms with Crippen LogP contribution in [0.2, 0.25) is 0 Å². The first-order valence-electron chi connectivity index (χ1n) is 8.69. The van der Waals surface area contributed by atoms with E-state index in [-0.39, 0.29) is 11.8 Å². The van der Waals surface area contributed by atoms with Gasteiger partial charge in [0.2, 0.25) is 0 Å². The normalized spacial score (nSPS) is 17.1. The van der Waals surface area contributed by atoms with E-state index in [9.17, 15) is 9.59 Å². The summed E-state index contributed by atoms with van der Waals surface area (Å²) in [7, 11) is 0. The Morgan fingerprint density at radius 2 is 2.04 bits per heavy atom. The fourth-order valence-corrected chi connectivity index (χ4v) is 4.25. The molecular weight excluding hydrogens is 328 g/mol. The molecule has 6 nitrogen and oxygen atoms in total. The number of nitrogens with zero attached hydrogens (tertiary/aromatic N) is 2. The van der Waals surface area contributed by atoms with E-state index in [0.717, 1.165) is 27.7 Å². The Kier molecular flexibility index (Phi) is 2.88. The first-order valence-corrected chi connectivity index (χ1v) is 8.69. The highest BCUT2D eigenvalue weighted by atomic mass is 16.2. The highest BCUT2D eigenvalue weighted by Gasteiger charge is 2.46. The minimum absolute atomic E-state index is 0.0757. The van der Waals surface area contributed by atoms with Gasteiger partial charge >= 0.3 is 0 Å². The van der Waals surface area contributed by atoms with Crippen LogP contribution < -0.4 is 5.32 Å². The van der Waals surface area contributed by atoms with Crippen molar-refractivity contribution in [1.29, 1.82) is 0 Å². The fourth-order valence-electron chi connectivity index (χ4n) is 4.25. The van der Waals surface area contributed by atoms with Gasteiger partial charge < -0.3 is 15.2 Å². The lowest BCUT2D eigenvalue weighted by Gasteiger charge is -2.32. The van der Waals surface area contributed by atoms with Crippen molar-refractivity contribution in [2.75, 3.05) is 11.9 Å². The van der Waals surface area contributed by atoms with Gasteiger partial charge in [-0.2, -0.15) is 0 Å². The van der Waals surface area contributed by atoms with Crippen LogP contribution in [0.3, 0.4) is 0 Å². The third kappa shape index (κ3) is 1.84. The molecule has 1 aromatic heterocycles. The number of benzene rings is 2. The quantitative estimate of drug-likeness (QED) is 0.765. The second kappa shape index (κ2) is 4.94. The molecule has 2 aromatic carbocycles. The van der Waals surface area contributed by atoms with E-state index < -0.39 is 5.54 Å². The number of hydrogen-bond donors (Lipinski definition) is 2. The summed E-state index contributed by atoms with van der Waals surface area (Å²) in [5.41, 5.74) is 3.29. The van der Waals surface area contributed by atoms with Crippen molar-refractivity contribution < 1.29 is 9.59 Å². The second-order valence-corrected chi connectivity index (χ2v) is 7.37.